The van der Waals surface area contributed by atoms with Gasteiger partial charge < -0.3 is 10.2 Å². The van der Waals surface area contributed by atoms with Gasteiger partial charge in [0.1, 0.15) is 12.6 Å². The van der Waals surface area contributed by atoms with Gasteiger partial charge in [-0.1, -0.05) is 65.2 Å². The number of aryl methyl sites for hydroxylation is 2. The van der Waals surface area contributed by atoms with Gasteiger partial charge in [-0.2, -0.15) is 0 Å². The maximum Gasteiger partial charge on any atom is 0.264 e. The first-order valence-corrected chi connectivity index (χ1v) is 14.3. The van der Waals surface area contributed by atoms with E-state index >= 15 is 0 Å². The molecule has 0 radical (unpaired) electrons. The molecule has 0 aliphatic rings. The van der Waals surface area contributed by atoms with E-state index in [9.17, 15) is 18.0 Å². The van der Waals surface area contributed by atoms with E-state index in [1.807, 2.05) is 6.92 Å². The molecule has 0 bridgehead atoms. The standard InChI is InChI=1S/C28H31Cl2N3O4S/c1-5-31-28(35)21(4)32(17-22-8-6-7-9-25(22)30)27(34)18-33(26-16-23(29)13-12-20(26)3)38(36,37)24-14-10-19(2)11-15-24/h6-16,21H,5,17-18H2,1-4H3,(H,31,35). The van der Waals surface area contributed by atoms with Crippen molar-refractivity contribution >= 4 is 50.7 Å². The lowest BCUT2D eigenvalue weighted by Crippen LogP contribution is -2.51. The normalized spacial score (nSPS) is 12.1. The first-order chi connectivity index (χ1) is 17.9. The highest BCUT2D eigenvalue weighted by atomic mass is 35.5. The second kappa shape index (κ2) is 12.7. The smallest absolute Gasteiger partial charge is 0.264 e. The number of nitrogens with zero attached hydrogens (tertiary/aromatic N) is 2. The molecule has 1 N–H and O–H groups in total. The molecule has 0 aliphatic heterocycles. The Morgan fingerprint density at radius 1 is 0.974 bits per heavy atom. The number of halogens is 2. The summed E-state index contributed by atoms with van der Waals surface area (Å²) < 4.78 is 28.8. The highest BCUT2D eigenvalue weighted by molar-refractivity contribution is 7.92. The lowest BCUT2D eigenvalue weighted by Gasteiger charge is -2.32. The Bertz CT molecular complexity index is 1410. The number of likely N-dealkylation sites (N-methyl/N-ethyl adjacent to an activating group) is 1. The fourth-order valence-corrected chi connectivity index (χ4v) is 5.75. The van der Waals surface area contributed by atoms with Crippen molar-refractivity contribution in [1.82, 2.24) is 10.2 Å². The molecule has 38 heavy (non-hydrogen) atoms. The van der Waals surface area contributed by atoms with Crippen LogP contribution in [0.2, 0.25) is 10.0 Å². The number of carbonyl (C=O) groups excluding carboxylic acids is 2. The van der Waals surface area contributed by atoms with Crippen molar-refractivity contribution in [1.29, 1.82) is 0 Å². The molecule has 1 unspecified atom stereocenters. The highest BCUT2D eigenvalue weighted by Gasteiger charge is 2.33. The summed E-state index contributed by atoms with van der Waals surface area (Å²) in [7, 11) is -4.18. The van der Waals surface area contributed by atoms with Gasteiger partial charge in [0, 0.05) is 23.1 Å². The molecule has 202 valence electrons. The molecule has 10 heteroatoms. The van der Waals surface area contributed by atoms with E-state index in [4.69, 9.17) is 23.2 Å². The van der Waals surface area contributed by atoms with Crippen LogP contribution in [0.3, 0.4) is 0 Å². The summed E-state index contributed by atoms with van der Waals surface area (Å²) in [6, 6.07) is 17.4. The van der Waals surface area contributed by atoms with E-state index < -0.39 is 28.5 Å². The molecule has 0 saturated carbocycles. The summed E-state index contributed by atoms with van der Waals surface area (Å²) >= 11 is 12.6. The number of anilines is 1. The Hall–Kier alpha value is -3.07. The summed E-state index contributed by atoms with van der Waals surface area (Å²) in [5, 5.41) is 3.49. The van der Waals surface area contributed by atoms with Gasteiger partial charge in [-0.25, -0.2) is 8.42 Å². The van der Waals surface area contributed by atoms with Crippen LogP contribution < -0.4 is 9.62 Å². The number of rotatable bonds is 10. The average molecular weight is 577 g/mol. The van der Waals surface area contributed by atoms with Gasteiger partial charge in [-0.3, -0.25) is 13.9 Å². The lowest BCUT2D eigenvalue weighted by molar-refractivity contribution is -0.139. The Morgan fingerprint density at radius 2 is 1.63 bits per heavy atom. The quantitative estimate of drug-likeness (QED) is 0.352. The SMILES string of the molecule is CCNC(=O)C(C)N(Cc1ccccc1Cl)C(=O)CN(c1cc(Cl)ccc1C)S(=O)(=O)c1ccc(C)cc1. The van der Waals surface area contributed by atoms with Crippen molar-refractivity contribution < 1.29 is 18.0 Å². The Labute approximate surface area is 234 Å². The van der Waals surface area contributed by atoms with Crippen molar-refractivity contribution in [3.63, 3.8) is 0 Å². The third-order valence-corrected chi connectivity index (χ3v) is 8.52. The van der Waals surface area contributed by atoms with E-state index in [0.29, 0.717) is 27.7 Å². The third kappa shape index (κ3) is 6.87. The van der Waals surface area contributed by atoms with Crippen LogP contribution in [0.1, 0.15) is 30.5 Å². The fraction of sp³-hybridized carbons (Fsp3) is 0.286. The molecule has 0 aliphatic carbocycles. The summed E-state index contributed by atoms with van der Waals surface area (Å²) in [5.41, 5.74) is 2.42. The molecule has 7 nitrogen and oxygen atoms in total. The van der Waals surface area contributed by atoms with Gasteiger partial charge in [0.25, 0.3) is 10.0 Å². The predicted octanol–water partition coefficient (Wildman–Crippen LogP) is 5.36. The van der Waals surface area contributed by atoms with Gasteiger partial charge >= 0.3 is 0 Å². The fourth-order valence-electron chi connectivity index (χ4n) is 3.92. The monoisotopic (exact) mass is 575 g/mol. The van der Waals surface area contributed by atoms with Crippen LogP contribution in [0.25, 0.3) is 0 Å². The topological polar surface area (TPSA) is 86.8 Å². The van der Waals surface area contributed by atoms with Crippen molar-refractivity contribution in [2.24, 2.45) is 0 Å². The van der Waals surface area contributed by atoms with Gasteiger partial charge in [-0.05, 0) is 69.2 Å². The predicted molar refractivity (Wildman–Crippen MR) is 152 cm³/mol. The van der Waals surface area contributed by atoms with Crippen LogP contribution in [0.4, 0.5) is 5.69 Å². The van der Waals surface area contributed by atoms with E-state index in [0.717, 1.165) is 9.87 Å². The molecule has 0 saturated heterocycles. The molecule has 2 amide bonds. The van der Waals surface area contributed by atoms with Crippen LogP contribution >= 0.6 is 23.2 Å². The van der Waals surface area contributed by atoms with Gasteiger partial charge in [0.2, 0.25) is 11.8 Å². The van der Waals surface area contributed by atoms with Crippen LogP contribution in [-0.2, 0) is 26.2 Å². The zero-order valence-electron chi connectivity index (χ0n) is 21.7. The molecule has 0 aromatic heterocycles. The van der Waals surface area contributed by atoms with Crippen LogP contribution in [0.5, 0.6) is 0 Å². The Kier molecular flexibility index (Phi) is 9.82. The maximum atomic E-state index is 13.9. The number of hydrogen-bond donors (Lipinski definition) is 1. The summed E-state index contributed by atoms with van der Waals surface area (Å²) in [6.45, 7) is 6.83. The van der Waals surface area contributed by atoms with E-state index in [1.165, 1.54) is 23.1 Å². The van der Waals surface area contributed by atoms with Crippen molar-refractivity contribution in [2.45, 2.75) is 45.2 Å². The second-order valence-corrected chi connectivity index (χ2v) is 11.6. The molecule has 3 rings (SSSR count). The lowest BCUT2D eigenvalue weighted by atomic mass is 10.1. The molecule has 0 spiro atoms. The second-order valence-electron chi connectivity index (χ2n) is 8.94. The van der Waals surface area contributed by atoms with Crippen LogP contribution in [-0.4, -0.2) is 44.3 Å². The van der Waals surface area contributed by atoms with Crippen molar-refractivity contribution in [3.8, 4) is 0 Å². The number of sulfonamides is 1. The summed E-state index contributed by atoms with van der Waals surface area (Å²) in [5.74, 6) is -0.932. The highest BCUT2D eigenvalue weighted by Crippen LogP contribution is 2.30. The molecule has 0 fully saturated rings. The molecular weight excluding hydrogens is 545 g/mol. The maximum absolute atomic E-state index is 13.9. The first-order valence-electron chi connectivity index (χ1n) is 12.1. The first kappa shape index (κ1) is 29.5. The zero-order valence-corrected chi connectivity index (χ0v) is 24.1. The van der Waals surface area contributed by atoms with Crippen molar-refractivity contribution in [3.05, 3.63) is 93.5 Å². The van der Waals surface area contributed by atoms with Crippen LogP contribution in [0.15, 0.2) is 71.6 Å². The molecular formula is C28H31Cl2N3O4S. The number of carbonyl (C=O) groups is 2. The Balaban J connectivity index is 2.09. The van der Waals surface area contributed by atoms with Gasteiger partial charge in [-0.15, -0.1) is 0 Å². The molecule has 1 atom stereocenters. The number of hydrogen-bond acceptors (Lipinski definition) is 4. The Morgan fingerprint density at radius 3 is 2.26 bits per heavy atom. The van der Waals surface area contributed by atoms with Crippen molar-refractivity contribution in [2.75, 3.05) is 17.4 Å². The average Bonchev–Trinajstić information content (AvgIpc) is 2.88. The minimum Gasteiger partial charge on any atom is -0.355 e. The largest absolute Gasteiger partial charge is 0.355 e. The molecule has 3 aromatic rings. The molecule has 0 heterocycles. The minimum atomic E-state index is -4.18. The number of benzene rings is 3. The minimum absolute atomic E-state index is 0.0176. The number of amides is 2. The van der Waals surface area contributed by atoms with Crippen LogP contribution in [0, 0.1) is 13.8 Å². The number of nitrogens with one attached hydrogen (secondary N) is 1. The van der Waals surface area contributed by atoms with Gasteiger partial charge in [0.05, 0.1) is 10.6 Å². The van der Waals surface area contributed by atoms with E-state index in [-0.39, 0.29) is 23.0 Å². The zero-order chi connectivity index (χ0) is 28.0. The third-order valence-electron chi connectivity index (χ3n) is 6.14. The molecule has 3 aromatic carbocycles. The summed E-state index contributed by atoms with van der Waals surface area (Å²) in [6.07, 6.45) is 0. The van der Waals surface area contributed by atoms with E-state index in [2.05, 4.69) is 5.32 Å². The van der Waals surface area contributed by atoms with E-state index in [1.54, 1.807) is 69.3 Å². The summed E-state index contributed by atoms with van der Waals surface area (Å²) in [4.78, 5) is 28.0. The van der Waals surface area contributed by atoms with Gasteiger partial charge in [0.15, 0.2) is 0 Å².